The van der Waals surface area contributed by atoms with Crippen LogP contribution < -0.4 is 0 Å². The number of hydrogen-bond acceptors (Lipinski definition) is 1. The molecule has 1 nitrogen and oxygen atoms in total. The van der Waals surface area contributed by atoms with Crippen LogP contribution in [0.25, 0.3) is 0 Å². The zero-order valence-corrected chi connectivity index (χ0v) is 14.9. The minimum Gasteiger partial charge on any atom is -0.296 e. The summed E-state index contributed by atoms with van der Waals surface area (Å²) in [5, 5.41) is 0. The highest BCUT2D eigenvalue weighted by molar-refractivity contribution is 4.83. The van der Waals surface area contributed by atoms with E-state index in [-0.39, 0.29) is 0 Å². The Labute approximate surface area is 133 Å². The topological polar surface area (TPSA) is 3.24 Å². The van der Waals surface area contributed by atoms with Crippen LogP contribution in [0.15, 0.2) is 25.3 Å². The molecule has 1 rings (SSSR count). The third-order valence-corrected chi connectivity index (χ3v) is 5.15. The molecular weight excluding hydrogens is 254 g/mol. The zero-order chi connectivity index (χ0) is 15.9. The summed E-state index contributed by atoms with van der Waals surface area (Å²) in [4.78, 5) is 2.45. The molecule has 0 saturated heterocycles. The quantitative estimate of drug-likeness (QED) is 0.531. The van der Waals surface area contributed by atoms with Gasteiger partial charge < -0.3 is 0 Å². The van der Waals surface area contributed by atoms with Crippen LogP contribution >= 0.6 is 0 Å². The molecule has 0 spiro atoms. The third-order valence-electron chi connectivity index (χ3n) is 5.15. The highest BCUT2D eigenvalue weighted by Crippen LogP contribution is 2.41. The average molecular weight is 292 g/mol. The summed E-state index contributed by atoms with van der Waals surface area (Å²) in [6, 6.07) is 0. The van der Waals surface area contributed by atoms with Crippen molar-refractivity contribution < 1.29 is 0 Å². The van der Waals surface area contributed by atoms with Gasteiger partial charge in [-0.05, 0) is 42.4 Å². The number of rotatable bonds is 8. The van der Waals surface area contributed by atoms with Gasteiger partial charge in [0, 0.05) is 19.6 Å². The normalized spacial score (nSPS) is 24.8. The van der Waals surface area contributed by atoms with Crippen molar-refractivity contribution in [3.63, 3.8) is 0 Å². The van der Waals surface area contributed by atoms with Crippen molar-refractivity contribution in [1.82, 2.24) is 4.90 Å². The van der Waals surface area contributed by atoms with Crippen LogP contribution in [0.4, 0.5) is 0 Å². The first kappa shape index (κ1) is 18.5. The molecule has 122 valence electrons. The fourth-order valence-corrected chi connectivity index (χ4v) is 3.94. The van der Waals surface area contributed by atoms with E-state index in [1.807, 2.05) is 12.2 Å². The fourth-order valence-electron chi connectivity index (χ4n) is 3.94. The summed E-state index contributed by atoms with van der Waals surface area (Å²) >= 11 is 0. The Kier molecular flexibility index (Phi) is 7.73. The van der Waals surface area contributed by atoms with E-state index in [0.717, 1.165) is 30.8 Å². The molecule has 1 aliphatic carbocycles. The van der Waals surface area contributed by atoms with E-state index in [0.29, 0.717) is 5.41 Å². The number of nitrogens with zero attached hydrogens (tertiary/aromatic N) is 1. The first-order valence-electron chi connectivity index (χ1n) is 8.81. The molecule has 0 bridgehead atoms. The van der Waals surface area contributed by atoms with Crippen molar-refractivity contribution >= 4 is 0 Å². The summed E-state index contributed by atoms with van der Waals surface area (Å²) in [6.45, 7) is 20.5. The summed E-state index contributed by atoms with van der Waals surface area (Å²) in [5.41, 5.74) is 0.501. The minimum atomic E-state index is 0.501. The third kappa shape index (κ3) is 6.82. The Morgan fingerprint density at radius 3 is 2.00 bits per heavy atom. The molecular formula is C20H37N. The lowest BCUT2D eigenvalue weighted by Crippen LogP contribution is -2.31. The van der Waals surface area contributed by atoms with Crippen molar-refractivity contribution in [3.8, 4) is 0 Å². The molecule has 1 aliphatic rings. The molecule has 0 heterocycles. The van der Waals surface area contributed by atoms with E-state index in [1.54, 1.807) is 0 Å². The lowest BCUT2D eigenvalue weighted by molar-refractivity contribution is 0.135. The van der Waals surface area contributed by atoms with Crippen LogP contribution in [-0.2, 0) is 0 Å². The highest BCUT2D eigenvalue weighted by atomic mass is 15.1. The first-order chi connectivity index (χ1) is 9.86. The zero-order valence-electron chi connectivity index (χ0n) is 14.9. The van der Waals surface area contributed by atoms with E-state index in [2.05, 4.69) is 45.8 Å². The second kappa shape index (κ2) is 8.78. The van der Waals surface area contributed by atoms with Gasteiger partial charge in [0.1, 0.15) is 0 Å². The summed E-state index contributed by atoms with van der Waals surface area (Å²) in [5.74, 6) is 2.66. The maximum atomic E-state index is 3.86. The van der Waals surface area contributed by atoms with E-state index < -0.39 is 0 Å². The molecule has 21 heavy (non-hydrogen) atoms. The van der Waals surface area contributed by atoms with E-state index in [4.69, 9.17) is 0 Å². The number of hydrogen-bond donors (Lipinski definition) is 0. The van der Waals surface area contributed by atoms with Crippen molar-refractivity contribution in [2.45, 2.75) is 59.8 Å². The SMILES string of the molecule is C=CCN(CC=C)CC(C)CC1CCC(C(C)(C)C)CC1. The Morgan fingerprint density at radius 1 is 1.05 bits per heavy atom. The summed E-state index contributed by atoms with van der Waals surface area (Å²) in [7, 11) is 0. The standard InChI is InChI=1S/C20H37N/c1-7-13-21(14-8-2)16-17(3)15-18-9-11-19(12-10-18)20(4,5)6/h7-8,17-19H,1-2,9-16H2,3-6H3. The molecule has 0 aromatic heterocycles. The molecule has 0 aromatic rings. The monoisotopic (exact) mass is 291 g/mol. The molecule has 1 fully saturated rings. The van der Waals surface area contributed by atoms with E-state index >= 15 is 0 Å². The Bertz CT molecular complexity index is 294. The van der Waals surface area contributed by atoms with Gasteiger partial charge in [0.2, 0.25) is 0 Å². The van der Waals surface area contributed by atoms with Gasteiger partial charge >= 0.3 is 0 Å². The summed E-state index contributed by atoms with van der Waals surface area (Å²) < 4.78 is 0. The smallest absolute Gasteiger partial charge is 0.0164 e. The predicted molar refractivity (Wildman–Crippen MR) is 95.5 cm³/mol. The fraction of sp³-hybridized carbons (Fsp3) is 0.800. The highest BCUT2D eigenvalue weighted by Gasteiger charge is 2.30. The minimum absolute atomic E-state index is 0.501. The lowest BCUT2D eigenvalue weighted by Gasteiger charge is -2.38. The van der Waals surface area contributed by atoms with Crippen molar-refractivity contribution in [3.05, 3.63) is 25.3 Å². The van der Waals surface area contributed by atoms with Gasteiger partial charge in [-0.3, -0.25) is 4.90 Å². The van der Waals surface area contributed by atoms with Crippen molar-refractivity contribution in [1.29, 1.82) is 0 Å². The van der Waals surface area contributed by atoms with E-state index in [9.17, 15) is 0 Å². The van der Waals surface area contributed by atoms with Crippen LogP contribution in [0, 0.1) is 23.2 Å². The maximum Gasteiger partial charge on any atom is 0.0164 e. The van der Waals surface area contributed by atoms with Crippen LogP contribution in [0.1, 0.15) is 59.8 Å². The van der Waals surface area contributed by atoms with Crippen LogP contribution in [0.3, 0.4) is 0 Å². The van der Waals surface area contributed by atoms with Crippen LogP contribution in [0.2, 0.25) is 0 Å². The lowest BCUT2D eigenvalue weighted by atomic mass is 9.68. The molecule has 1 atom stereocenters. The predicted octanol–water partition coefficient (Wildman–Crippen LogP) is 5.54. The van der Waals surface area contributed by atoms with E-state index in [1.165, 1.54) is 38.6 Å². The molecule has 1 unspecified atom stereocenters. The molecule has 1 saturated carbocycles. The molecule has 0 amide bonds. The second-order valence-corrected chi connectivity index (χ2v) is 8.22. The molecule has 0 N–H and O–H groups in total. The summed E-state index contributed by atoms with van der Waals surface area (Å²) in [6.07, 6.45) is 11.1. The van der Waals surface area contributed by atoms with Gasteiger partial charge in [-0.25, -0.2) is 0 Å². The van der Waals surface area contributed by atoms with Gasteiger partial charge in [0.25, 0.3) is 0 Å². The van der Waals surface area contributed by atoms with Crippen molar-refractivity contribution in [2.24, 2.45) is 23.2 Å². The average Bonchev–Trinajstić information content (AvgIpc) is 2.38. The van der Waals surface area contributed by atoms with Gasteiger partial charge in [0.15, 0.2) is 0 Å². The van der Waals surface area contributed by atoms with Gasteiger partial charge in [-0.15, -0.1) is 13.2 Å². The Balaban J connectivity index is 2.34. The van der Waals surface area contributed by atoms with Gasteiger partial charge in [-0.2, -0.15) is 0 Å². The largest absolute Gasteiger partial charge is 0.296 e. The van der Waals surface area contributed by atoms with Gasteiger partial charge in [-0.1, -0.05) is 52.7 Å². The molecule has 1 heteroatoms. The van der Waals surface area contributed by atoms with Crippen LogP contribution in [0.5, 0.6) is 0 Å². The molecule has 0 radical (unpaired) electrons. The Morgan fingerprint density at radius 2 is 1.57 bits per heavy atom. The Hall–Kier alpha value is -0.560. The molecule has 0 aromatic carbocycles. The molecule has 0 aliphatic heterocycles. The second-order valence-electron chi connectivity index (χ2n) is 8.22. The van der Waals surface area contributed by atoms with Gasteiger partial charge in [0.05, 0.1) is 0 Å². The maximum absolute atomic E-state index is 3.86. The first-order valence-corrected chi connectivity index (χ1v) is 8.81. The van der Waals surface area contributed by atoms with Crippen LogP contribution in [-0.4, -0.2) is 24.5 Å². The van der Waals surface area contributed by atoms with Crippen molar-refractivity contribution in [2.75, 3.05) is 19.6 Å².